The maximum Gasteiger partial charge on any atom is 0.146 e. The quantitative estimate of drug-likeness (QED) is 0.245. The Hall–Kier alpha value is -5.15. The van der Waals surface area contributed by atoms with Gasteiger partial charge >= 0.3 is 0 Å². The number of pyridine rings is 1. The van der Waals surface area contributed by atoms with Crippen molar-refractivity contribution in [2.75, 3.05) is 0 Å². The van der Waals surface area contributed by atoms with Crippen molar-refractivity contribution < 1.29 is 0 Å². The van der Waals surface area contributed by atoms with Gasteiger partial charge in [-0.1, -0.05) is 103 Å². The van der Waals surface area contributed by atoms with Crippen LogP contribution < -0.4 is 0 Å². The predicted molar refractivity (Wildman–Crippen MR) is 158 cm³/mol. The highest BCUT2D eigenvalue weighted by atomic mass is 15.1. The maximum absolute atomic E-state index is 5.41. The van der Waals surface area contributed by atoms with Crippen LogP contribution in [0.4, 0.5) is 0 Å². The lowest BCUT2D eigenvalue weighted by Crippen LogP contribution is -1.98. The molecule has 3 aromatic heterocycles. The van der Waals surface area contributed by atoms with Crippen LogP contribution in [0.1, 0.15) is 0 Å². The van der Waals surface area contributed by atoms with Gasteiger partial charge < -0.3 is 4.57 Å². The van der Waals surface area contributed by atoms with Crippen LogP contribution >= 0.6 is 0 Å². The monoisotopic (exact) mass is 485 g/mol. The van der Waals surface area contributed by atoms with Crippen molar-refractivity contribution >= 4 is 43.9 Å². The number of para-hydroxylation sites is 4. The fourth-order valence-corrected chi connectivity index (χ4v) is 5.87. The van der Waals surface area contributed by atoms with E-state index in [0.717, 1.165) is 49.9 Å². The van der Waals surface area contributed by atoms with E-state index >= 15 is 0 Å². The average Bonchev–Trinajstić information content (AvgIpc) is 3.49. The molecular weight excluding hydrogens is 462 g/mol. The third kappa shape index (κ3) is 2.99. The Morgan fingerprint density at radius 1 is 0.447 bits per heavy atom. The molecule has 0 N–H and O–H groups in total. The molecule has 0 amide bonds. The van der Waals surface area contributed by atoms with Crippen molar-refractivity contribution in [3.8, 4) is 22.5 Å². The summed E-state index contributed by atoms with van der Waals surface area (Å²) in [4.78, 5) is 5.41. The number of hydrogen-bond donors (Lipinski definition) is 0. The summed E-state index contributed by atoms with van der Waals surface area (Å²) in [5, 5.41) is 3.50. The summed E-state index contributed by atoms with van der Waals surface area (Å²) >= 11 is 0. The van der Waals surface area contributed by atoms with Crippen LogP contribution in [0.15, 0.2) is 140 Å². The highest BCUT2D eigenvalue weighted by Gasteiger charge is 2.20. The number of aromatic nitrogens is 3. The highest BCUT2D eigenvalue weighted by molar-refractivity contribution is 6.16. The van der Waals surface area contributed by atoms with Crippen molar-refractivity contribution in [2.24, 2.45) is 0 Å². The summed E-state index contributed by atoms with van der Waals surface area (Å²) in [6.45, 7) is 0. The van der Waals surface area contributed by atoms with Gasteiger partial charge in [0.1, 0.15) is 5.65 Å². The molecule has 3 heteroatoms. The lowest BCUT2D eigenvalue weighted by atomic mass is 10.0. The zero-order valence-corrected chi connectivity index (χ0v) is 20.6. The van der Waals surface area contributed by atoms with Crippen LogP contribution in [0.5, 0.6) is 0 Å². The summed E-state index contributed by atoms with van der Waals surface area (Å²) < 4.78 is 4.67. The topological polar surface area (TPSA) is 22.8 Å². The molecule has 5 aromatic carbocycles. The molecule has 0 saturated heterocycles. The largest absolute Gasteiger partial charge is 0.307 e. The number of fused-ring (bicyclic) bond motifs is 6. The minimum absolute atomic E-state index is 0.976. The normalized spacial score (nSPS) is 11.7. The molecular formula is C35H23N3. The van der Waals surface area contributed by atoms with Crippen LogP contribution in [0.2, 0.25) is 0 Å². The highest BCUT2D eigenvalue weighted by Crippen LogP contribution is 2.39. The van der Waals surface area contributed by atoms with Gasteiger partial charge in [-0.05, 0) is 42.0 Å². The summed E-state index contributed by atoms with van der Waals surface area (Å²) in [6.07, 6.45) is 0. The summed E-state index contributed by atoms with van der Waals surface area (Å²) in [5.74, 6) is 0. The van der Waals surface area contributed by atoms with E-state index in [4.69, 9.17) is 4.98 Å². The lowest BCUT2D eigenvalue weighted by molar-refractivity contribution is 1.14. The molecule has 8 aromatic rings. The second kappa shape index (κ2) is 8.19. The van der Waals surface area contributed by atoms with Gasteiger partial charge in [0, 0.05) is 27.4 Å². The molecule has 3 heterocycles. The number of hydrogen-bond acceptors (Lipinski definition) is 1. The molecule has 178 valence electrons. The molecule has 38 heavy (non-hydrogen) atoms. The molecule has 0 fully saturated rings. The van der Waals surface area contributed by atoms with Crippen molar-refractivity contribution in [1.29, 1.82) is 0 Å². The number of benzene rings is 5. The average molecular weight is 486 g/mol. The van der Waals surface area contributed by atoms with E-state index in [-0.39, 0.29) is 0 Å². The third-order valence-electron chi connectivity index (χ3n) is 7.51. The maximum atomic E-state index is 5.41. The number of rotatable bonds is 3. The Bertz CT molecular complexity index is 2120. The van der Waals surface area contributed by atoms with Crippen LogP contribution in [0.25, 0.3) is 66.4 Å². The van der Waals surface area contributed by atoms with E-state index in [0.29, 0.717) is 0 Å². The van der Waals surface area contributed by atoms with Gasteiger partial charge in [-0.25, -0.2) is 4.98 Å². The first-order chi connectivity index (χ1) is 18.9. The molecule has 0 unspecified atom stereocenters. The Kier molecular flexibility index (Phi) is 4.52. The molecule has 8 rings (SSSR count). The molecule has 0 aliphatic carbocycles. The standard InChI is InChI=1S/C35H23N3/c1-3-13-24(14-4-1)26-17-7-10-20-30(26)38-32-22-12-9-19-28(32)34-33(38)23-29-27-18-8-11-21-31(27)37(35(29)36-34)25-15-5-2-6-16-25/h1-23H. The zero-order chi connectivity index (χ0) is 25.1. The van der Waals surface area contributed by atoms with Gasteiger partial charge in [0.05, 0.1) is 27.8 Å². The van der Waals surface area contributed by atoms with Crippen LogP contribution in [-0.4, -0.2) is 14.1 Å². The first-order valence-electron chi connectivity index (χ1n) is 12.9. The van der Waals surface area contributed by atoms with E-state index in [1.54, 1.807) is 0 Å². The summed E-state index contributed by atoms with van der Waals surface area (Å²) in [5.41, 5.74) is 10.1. The van der Waals surface area contributed by atoms with Crippen LogP contribution in [0.3, 0.4) is 0 Å². The Labute approximate surface area is 219 Å². The first kappa shape index (κ1) is 21.0. The van der Waals surface area contributed by atoms with E-state index in [9.17, 15) is 0 Å². The summed E-state index contributed by atoms with van der Waals surface area (Å²) in [7, 11) is 0. The van der Waals surface area contributed by atoms with Gasteiger partial charge in [-0.2, -0.15) is 0 Å². The predicted octanol–water partition coefficient (Wildman–Crippen LogP) is 8.94. The molecule has 0 atom stereocenters. The number of nitrogens with zero attached hydrogens (tertiary/aromatic N) is 3. The molecule has 3 nitrogen and oxygen atoms in total. The van der Waals surface area contributed by atoms with Gasteiger partial charge in [0.25, 0.3) is 0 Å². The van der Waals surface area contributed by atoms with E-state index in [2.05, 4.69) is 149 Å². The van der Waals surface area contributed by atoms with Gasteiger partial charge in [-0.3, -0.25) is 4.57 Å². The molecule has 0 saturated carbocycles. The molecule has 0 radical (unpaired) electrons. The van der Waals surface area contributed by atoms with Crippen LogP contribution in [0, 0.1) is 0 Å². The van der Waals surface area contributed by atoms with E-state index in [1.165, 1.54) is 16.5 Å². The Morgan fingerprint density at radius 2 is 1.05 bits per heavy atom. The van der Waals surface area contributed by atoms with Gasteiger partial charge in [0.2, 0.25) is 0 Å². The SMILES string of the molecule is c1ccc(-c2ccccc2-n2c3ccccc3c3nc4c(cc32)c2ccccc2n4-c2ccccc2)cc1. The first-order valence-corrected chi connectivity index (χ1v) is 12.9. The van der Waals surface area contributed by atoms with Gasteiger partial charge in [0.15, 0.2) is 0 Å². The lowest BCUT2D eigenvalue weighted by Gasteiger charge is -2.14. The molecule has 0 bridgehead atoms. The van der Waals surface area contributed by atoms with Crippen LogP contribution in [-0.2, 0) is 0 Å². The van der Waals surface area contributed by atoms with Crippen molar-refractivity contribution in [2.45, 2.75) is 0 Å². The molecule has 0 aliphatic rings. The van der Waals surface area contributed by atoms with Crippen molar-refractivity contribution in [3.05, 3.63) is 140 Å². The Balaban J connectivity index is 1.54. The van der Waals surface area contributed by atoms with Crippen molar-refractivity contribution in [3.63, 3.8) is 0 Å². The van der Waals surface area contributed by atoms with E-state index < -0.39 is 0 Å². The summed E-state index contributed by atoms with van der Waals surface area (Å²) in [6, 6.07) is 49.3. The minimum atomic E-state index is 0.976. The second-order valence-corrected chi connectivity index (χ2v) is 9.65. The smallest absolute Gasteiger partial charge is 0.146 e. The third-order valence-corrected chi connectivity index (χ3v) is 7.51. The van der Waals surface area contributed by atoms with Crippen molar-refractivity contribution in [1.82, 2.24) is 14.1 Å². The minimum Gasteiger partial charge on any atom is -0.307 e. The van der Waals surface area contributed by atoms with E-state index in [1.807, 2.05) is 0 Å². The molecule has 0 spiro atoms. The zero-order valence-electron chi connectivity index (χ0n) is 20.6. The second-order valence-electron chi connectivity index (χ2n) is 9.65. The molecule has 0 aliphatic heterocycles. The van der Waals surface area contributed by atoms with Gasteiger partial charge in [-0.15, -0.1) is 0 Å². The fourth-order valence-electron chi connectivity index (χ4n) is 5.87. The Morgan fingerprint density at radius 3 is 1.84 bits per heavy atom. The fraction of sp³-hybridized carbons (Fsp3) is 0.